The maximum absolute atomic E-state index is 12.0. The number of benzene rings is 1. The summed E-state index contributed by atoms with van der Waals surface area (Å²) in [5.41, 5.74) is 3.33. The van der Waals surface area contributed by atoms with Crippen molar-refractivity contribution in [3.05, 3.63) is 47.1 Å². The summed E-state index contributed by atoms with van der Waals surface area (Å²) < 4.78 is 6.85. The number of aromatic nitrogens is 3. The number of fused-ring (bicyclic) bond motifs is 1. The molecule has 0 saturated carbocycles. The molecule has 0 radical (unpaired) electrons. The fourth-order valence-electron chi connectivity index (χ4n) is 2.44. The molecule has 0 fully saturated rings. The Morgan fingerprint density at radius 2 is 2.00 bits per heavy atom. The Morgan fingerprint density at radius 3 is 2.70 bits per heavy atom. The topological polar surface area (TPSA) is 57.0 Å². The molecule has 0 aliphatic carbocycles. The third kappa shape index (κ3) is 3.05. The van der Waals surface area contributed by atoms with E-state index in [9.17, 15) is 4.79 Å². The van der Waals surface area contributed by atoms with E-state index in [4.69, 9.17) is 16.3 Å². The molecule has 23 heavy (non-hydrogen) atoms. The highest BCUT2D eigenvalue weighted by molar-refractivity contribution is 6.30. The molecule has 0 aliphatic heterocycles. The zero-order valence-electron chi connectivity index (χ0n) is 12.9. The van der Waals surface area contributed by atoms with Crippen LogP contribution in [0.3, 0.4) is 0 Å². The van der Waals surface area contributed by atoms with Crippen LogP contribution in [0.5, 0.6) is 0 Å². The first kappa shape index (κ1) is 15.5. The van der Waals surface area contributed by atoms with E-state index >= 15 is 0 Å². The predicted molar refractivity (Wildman–Crippen MR) is 89.3 cm³/mol. The quantitative estimate of drug-likeness (QED) is 0.686. The first-order chi connectivity index (χ1) is 11.1. The lowest BCUT2D eigenvalue weighted by molar-refractivity contribution is -0.143. The minimum Gasteiger partial charge on any atom is -0.465 e. The normalized spacial score (nSPS) is 10.9. The second-order valence-corrected chi connectivity index (χ2v) is 5.57. The van der Waals surface area contributed by atoms with Crippen molar-refractivity contribution in [1.82, 2.24) is 14.5 Å². The van der Waals surface area contributed by atoms with E-state index in [0.717, 1.165) is 16.6 Å². The molecule has 0 spiro atoms. The van der Waals surface area contributed by atoms with Crippen LogP contribution in [0.1, 0.15) is 12.5 Å². The number of carbonyl (C=O) groups is 1. The van der Waals surface area contributed by atoms with Crippen molar-refractivity contribution >= 4 is 28.7 Å². The lowest BCUT2D eigenvalue weighted by Gasteiger charge is -2.08. The van der Waals surface area contributed by atoms with E-state index in [1.54, 1.807) is 29.8 Å². The van der Waals surface area contributed by atoms with E-state index in [-0.39, 0.29) is 12.5 Å². The van der Waals surface area contributed by atoms with Crippen molar-refractivity contribution in [2.24, 2.45) is 0 Å². The summed E-state index contributed by atoms with van der Waals surface area (Å²) in [5.74, 6) is 0.358. The number of nitrogens with zero attached hydrogens (tertiary/aromatic N) is 3. The van der Waals surface area contributed by atoms with E-state index in [1.165, 1.54) is 0 Å². The van der Waals surface area contributed by atoms with Gasteiger partial charge in [-0.3, -0.25) is 9.36 Å². The summed E-state index contributed by atoms with van der Waals surface area (Å²) in [5, 5.41) is 0.649. The Morgan fingerprint density at radius 1 is 1.26 bits per heavy atom. The van der Waals surface area contributed by atoms with Gasteiger partial charge in [0.25, 0.3) is 0 Å². The van der Waals surface area contributed by atoms with E-state index < -0.39 is 0 Å². The van der Waals surface area contributed by atoms with Gasteiger partial charge in [-0.15, -0.1) is 0 Å². The van der Waals surface area contributed by atoms with Crippen molar-refractivity contribution in [2.45, 2.75) is 20.4 Å². The molecule has 0 atom stereocenters. The smallest absolute Gasteiger partial charge is 0.326 e. The molecule has 118 valence electrons. The van der Waals surface area contributed by atoms with Gasteiger partial charge in [0.05, 0.1) is 6.61 Å². The van der Waals surface area contributed by atoms with Crippen LogP contribution >= 0.6 is 11.6 Å². The lowest BCUT2D eigenvalue weighted by Crippen LogP contribution is -2.14. The van der Waals surface area contributed by atoms with Crippen LogP contribution in [-0.2, 0) is 16.1 Å². The van der Waals surface area contributed by atoms with Crippen LogP contribution in [0.25, 0.3) is 22.6 Å². The van der Waals surface area contributed by atoms with Crippen LogP contribution in [-0.4, -0.2) is 27.1 Å². The van der Waals surface area contributed by atoms with Crippen molar-refractivity contribution in [3.8, 4) is 11.4 Å². The molecule has 5 nitrogen and oxygen atoms in total. The lowest BCUT2D eigenvalue weighted by atomic mass is 10.2. The number of hydrogen-bond acceptors (Lipinski definition) is 4. The third-order valence-corrected chi connectivity index (χ3v) is 3.78. The monoisotopic (exact) mass is 329 g/mol. The number of esters is 1. The second-order valence-electron chi connectivity index (χ2n) is 5.13. The molecule has 0 unspecified atom stereocenters. The summed E-state index contributed by atoms with van der Waals surface area (Å²) in [6.07, 6.45) is 1.71. The minimum absolute atomic E-state index is 0.0682. The van der Waals surface area contributed by atoms with E-state index in [0.29, 0.717) is 23.1 Å². The molecule has 1 aromatic carbocycles. The maximum atomic E-state index is 12.0. The molecular formula is C17H16ClN3O2. The van der Waals surface area contributed by atoms with Gasteiger partial charge in [0.15, 0.2) is 5.65 Å². The number of aryl methyl sites for hydroxylation is 1. The molecule has 2 heterocycles. The summed E-state index contributed by atoms with van der Waals surface area (Å²) in [7, 11) is 0. The maximum Gasteiger partial charge on any atom is 0.326 e. The Labute approximate surface area is 138 Å². The Bertz CT molecular complexity index is 856. The number of hydrogen-bond donors (Lipinski definition) is 0. The summed E-state index contributed by atoms with van der Waals surface area (Å²) in [6.45, 7) is 4.16. The second kappa shape index (κ2) is 6.38. The van der Waals surface area contributed by atoms with Crippen molar-refractivity contribution in [3.63, 3.8) is 0 Å². The number of imidazole rings is 1. The zero-order valence-corrected chi connectivity index (χ0v) is 13.7. The molecule has 2 aromatic heterocycles. The van der Waals surface area contributed by atoms with Gasteiger partial charge in [-0.1, -0.05) is 11.6 Å². The summed E-state index contributed by atoms with van der Waals surface area (Å²) in [4.78, 5) is 21.0. The zero-order chi connectivity index (χ0) is 16.4. The molecule has 0 amide bonds. The highest BCUT2D eigenvalue weighted by Gasteiger charge is 2.17. The van der Waals surface area contributed by atoms with E-state index in [2.05, 4.69) is 9.97 Å². The molecule has 0 saturated heterocycles. The number of pyridine rings is 1. The van der Waals surface area contributed by atoms with Crippen LogP contribution in [0.4, 0.5) is 0 Å². The van der Waals surface area contributed by atoms with Crippen LogP contribution in [0, 0.1) is 6.92 Å². The van der Waals surface area contributed by atoms with Crippen LogP contribution < -0.4 is 0 Å². The highest BCUT2D eigenvalue weighted by Crippen LogP contribution is 2.26. The molecule has 3 aromatic rings. The number of halogens is 1. The van der Waals surface area contributed by atoms with Crippen LogP contribution in [0.2, 0.25) is 5.02 Å². The molecule has 0 N–H and O–H groups in total. The first-order valence-corrected chi connectivity index (χ1v) is 7.71. The Kier molecular flexibility index (Phi) is 4.30. The van der Waals surface area contributed by atoms with Gasteiger partial charge < -0.3 is 4.74 Å². The van der Waals surface area contributed by atoms with Crippen molar-refractivity contribution in [1.29, 1.82) is 0 Å². The summed E-state index contributed by atoms with van der Waals surface area (Å²) >= 11 is 5.95. The van der Waals surface area contributed by atoms with Gasteiger partial charge in [0.2, 0.25) is 0 Å². The fourth-order valence-corrected chi connectivity index (χ4v) is 2.57. The standard InChI is InChI=1S/C17H16ClN3O2/c1-3-23-14(22)10-21-16(12-4-6-13(18)7-5-12)20-15-11(2)8-9-19-17(15)21/h4-9H,3,10H2,1-2H3. The van der Waals surface area contributed by atoms with Gasteiger partial charge in [0.1, 0.15) is 17.9 Å². The predicted octanol–water partition coefficient (Wildman–Crippen LogP) is 3.62. The van der Waals surface area contributed by atoms with Gasteiger partial charge in [-0.2, -0.15) is 0 Å². The van der Waals surface area contributed by atoms with Gasteiger partial charge in [-0.25, -0.2) is 9.97 Å². The van der Waals surface area contributed by atoms with Crippen LogP contribution in [0.15, 0.2) is 36.5 Å². The molecule has 3 rings (SSSR count). The number of rotatable bonds is 4. The largest absolute Gasteiger partial charge is 0.465 e. The first-order valence-electron chi connectivity index (χ1n) is 7.33. The molecular weight excluding hydrogens is 314 g/mol. The molecule has 6 heteroatoms. The molecule has 0 aliphatic rings. The van der Waals surface area contributed by atoms with Gasteiger partial charge in [0, 0.05) is 16.8 Å². The SMILES string of the molecule is CCOC(=O)Cn1c(-c2ccc(Cl)cc2)nc2c(C)ccnc21. The fraction of sp³-hybridized carbons (Fsp3) is 0.235. The minimum atomic E-state index is -0.315. The third-order valence-electron chi connectivity index (χ3n) is 3.53. The van der Waals surface area contributed by atoms with Gasteiger partial charge in [-0.05, 0) is 49.7 Å². The highest BCUT2D eigenvalue weighted by atomic mass is 35.5. The van der Waals surface area contributed by atoms with Gasteiger partial charge >= 0.3 is 5.97 Å². The van der Waals surface area contributed by atoms with Crippen molar-refractivity contribution in [2.75, 3.05) is 6.61 Å². The average molecular weight is 330 g/mol. The average Bonchev–Trinajstić information content (AvgIpc) is 2.89. The molecule has 0 bridgehead atoms. The Balaban J connectivity index is 2.17. The summed E-state index contributed by atoms with van der Waals surface area (Å²) in [6, 6.07) is 9.24. The van der Waals surface area contributed by atoms with E-state index in [1.807, 2.05) is 25.1 Å². The van der Waals surface area contributed by atoms with Crippen molar-refractivity contribution < 1.29 is 9.53 Å². The number of carbonyl (C=O) groups excluding carboxylic acids is 1. The Hall–Kier alpha value is -2.40. The number of ether oxygens (including phenoxy) is 1.